The van der Waals surface area contributed by atoms with Crippen LogP contribution in [-0.2, 0) is 0 Å². The van der Waals surface area contributed by atoms with E-state index >= 15 is 0 Å². The lowest BCUT2D eigenvalue weighted by molar-refractivity contribution is 0.0681. The first kappa shape index (κ1) is 17.4. The van der Waals surface area contributed by atoms with Crippen LogP contribution in [0, 0.1) is 0 Å². The summed E-state index contributed by atoms with van der Waals surface area (Å²) in [5, 5.41) is 6.40. The first-order valence-corrected chi connectivity index (χ1v) is 8.44. The number of hydrogen-bond donors (Lipinski definition) is 2. The van der Waals surface area contributed by atoms with Crippen LogP contribution in [0.15, 0.2) is 42.5 Å². The molecule has 2 aromatic rings. The van der Waals surface area contributed by atoms with E-state index in [4.69, 9.17) is 21.1 Å². The molecule has 0 spiro atoms. The third-order valence-electron chi connectivity index (χ3n) is 4.06. The number of fused-ring (bicyclic) bond motifs is 1. The zero-order valence-corrected chi connectivity index (χ0v) is 15.2. The quantitative estimate of drug-likeness (QED) is 0.828. The first-order valence-electron chi connectivity index (χ1n) is 8.06. The summed E-state index contributed by atoms with van der Waals surface area (Å²) < 4.78 is 11.3. The lowest BCUT2D eigenvalue weighted by atomic mass is 9.89. The first-order chi connectivity index (χ1) is 11.9. The number of ether oxygens (including phenoxy) is 2. The Bertz CT molecular complexity index is 792. The third-order valence-corrected chi connectivity index (χ3v) is 4.30. The summed E-state index contributed by atoms with van der Waals surface area (Å²) in [5.74, 6) is 1.48. The van der Waals surface area contributed by atoms with E-state index in [0.29, 0.717) is 17.1 Å². The zero-order chi connectivity index (χ0) is 18.0. The maximum Gasteiger partial charge on any atom is 0.319 e. The highest BCUT2D eigenvalue weighted by atomic mass is 35.5. The van der Waals surface area contributed by atoms with E-state index in [1.54, 1.807) is 31.4 Å². The number of carbonyl (C=O) groups is 1. The summed E-state index contributed by atoms with van der Waals surface area (Å²) in [4.78, 5) is 12.4. The Kier molecular flexibility index (Phi) is 4.77. The van der Waals surface area contributed by atoms with Crippen molar-refractivity contribution in [2.45, 2.75) is 31.9 Å². The van der Waals surface area contributed by atoms with Gasteiger partial charge in [0.25, 0.3) is 0 Å². The second-order valence-corrected chi connectivity index (χ2v) is 7.07. The van der Waals surface area contributed by atoms with E-state index in [-0.39, 0.29) is 17.7 Å². The smallest absolute Gasteiger partial charge is 0.319 e. The number of methoxy groups -OCH3 is 1. The molecule has 0 fully saturated rings. The van der Waals surface area contributed by atoms with Crippen molar-refractivity contribution < 1.29 is 14.3 Å². The van der Waals surface area contributed by atoms with Gasteiger partial charge in [0, 0.05) is 22.7 Å². The van der Waals surface area contributed by atoms with Crippen LogP contribution < -0.4 is 20.1 Å². The fraction of sp³-hybridized carbons (Fsp3) is 0.316. The zero-order valence-electron chi connectivity index (χ0n) is 14.4. The van der Waals surface area contributed by atoms with Crippen LogP contribution in [0.1, 0.15) is 31.9 Å². The van der Waals surface area contributed by atoms with Gasteiger partial charge in [-0.25, -0.2) is 4.79 Å². The SMILES string of the molecule is COc1ccc2c(c1)[C@@H](NC(=O)Nc1cccc(Cl)c1)CC(C)(C)O2. The van der Waals surface area contributed by atoms with Gasteiger partial charge in [0.2, 0.25) is 0 Å². The van der Waals surface area contributed by atoms with Crippen LogP contribution in [0.25, 0.3) is 0 Å². The predicted molar refractivity (Wildman–Crippen MR) is 98.7 cm³/mol. The Morgan fingerprint density at radius 2 is 2.08 bits per heavy atom. The Balaban J connectivity index is 1.80. The highest BCUT2D eigenvalue weighted by molar-refractivity contribution is 6.30. The molecular formula is C19H21ClN2O3. The standard InChI is InChI=1S/C19H21ClN2O3/c1-19(2)11-16(15-10-14(24-3)7-8-17(15)25-19)22-18(23)21-13-6-4-5-12(20)9-13/h4-10,16H,11H2,1-3H3,(H2,21,22,23)/t16-/m0/s1. The molecule has 0 saturated carbocycles. The molecule has 6 heteroatoms. The van der Waals surface area contributed by atoms with Gasteiger partial charge in [-0.3, -0.25) is 0 Å². The van der Waals surface area contributed by atoms with Crippen molar-refractivity contribution in [1.29, 1.82) is 0 Å². The molecular weight excluding hydrogens is 340 g/mol. The molecule has 0 aliphatic carbocycles. The molecule has 25 heavy (non-hydrogen) atoms. The molecule has 0 aromatic heterocycles. The molecule has 5 nitrogen and oxygen atoms in total. The minimum Gasteiger partial charge on any atom is -0.497 e. The van der Waals surface area contributed by atoms with Crippen molar-refractivity contribution >= 4 is 23.3 Å². The Morgan fingerprint density at radius 3 is 2.80 bits per heavy atom. The van der Waals surface area contributed by atoms with Crippen molar-refractivity contribution in [2.75, 3.05) is 12.4 Å². The minimum atomic E-state index is -0.379. The Labute approximate surface area is 152 Å². The van der Waals surface area contributed by atoms with Crippen LogP contribution >= 0.6 is 11.6 Å². The second-order valence-electron chi connectivity index (χ2n) is 6.63. The van der Waals surface area contributed by atoms with Crippen LogP contribution in [0.3, 0.4) is 0 Å². The van der Waals surface area contributed by atoms with Gasteiger partial charge in [-0.2, -0.15) is 0 Å². The number of anilines is 1. The van der Waals surface area contributed by atoms with Crippen LogP contribution in [-0.4, -0.2) is 18.7 Å². The normalized spacial score (nSPS) is 17.8. The summed E-state index contributed by atoms with van der Waals surface area (Å²) in [6.45, 7) is 4.01. The number of amides is 2. The van der Waals surface area contributed by atoms with Crippen molar-refractivity contribution in [1.82, 2.24) is 5.32 Å². The van der Waals surface area contributed by atoms with E-state index in [2.05, 4.69) is 10.6 Å². The van der Waals surface area contributed by atoms with Gasteiger partial charge < -0.3 is 20.1 Å². The Morgan fingerprint density at radius 1 is 1.28 bits per heavy atom. The highest BCUT2D eigenvalue weighted by Gasteiger charge is 2.34. The predicted octanol–water partition coefficient (Wildman–Crippen LogP) is 4.77. The number of benzene rings is 2. The van der Waals surface area contributed by atoms with Gasteiger partial charge in [-0.15, -0.1) is 0 Å². The van der Waals surface area contributed by atoms with Crippen LogP contribution in [0.2, 0.25) is 5.02 Å². The summed E-state index contributed by atoms with van der Waals surface area (Å²) in [6.07, 6.45) is 0.649. The molecule has 2 aromatic carbocycles. The van der Waals surface area contributed by atoms with Crippen molar-refractivity contribution in [3.63, 3.8) is 0 Å². The summed E-state index contributed by atoms with van der Waals surface area (Å²) >= 11 is 5.96. The largest absolute Gasteiger partial charge is 0.497 e. The molecule has 3 rings (SSSR count). The maximum atomic E-state index is 12.4. The Hall–Kier alpha value is -2.40. The summed E-state index contributed by atoms with van der Waals surface area (Å²) in [5.41, 5.74) is 1.16. The van der Waals surface area contributed by atoms with Gasteiger partial charge in [0.05, 0.1) is 13.2 Å². The fourth-order valence-corrected chi connectivity index (χ4v) is 3.17. The molecule has 0 bridgehead atoms. The van der Waals surface area contributed by atoms with Gasteiger partial charge in [0.1, 0.15) is 17.1 Å². The van der Waals surface area contributed by atoms with Gasteiger partial charge in [-0.1, -0.05) is 17.7 Å². The lowest BCUT2D eigenvalue weighted by Crippen LogP contribution is -2.42. The molecule has 132 valence electrons. The molecule has 0 unspecified atom stereocenters. The van der Waals surface area contributed by atoms with Crippen molar-refractivity contribution in [3.05, 3.63) is 53.1 Å². The molecule has 1 aliphatic rings. The van der Waals surface area contributed by atoms with Crippen molar-refractivity contribution in [3.8, 4) is 11.5 Å². The molecule has 1 heterocycles. The molecule has 1 aliphatic heterocycles. The molecule has 0 saturated heterocycles. The maximum absolute atomic E-state index is 12.4. The average Bonchev–Trinajstić information content (AvgIpc) is 2.53. The fourth-order valence-electron chi connectivity index (χ4n) is 2.98. The lowest BCUT2D eigenvalue weighted by Gasteiger charge is -2.38. The minimum absolute atomic E-state index is 0.187. The van der Waals surface area contributed by atoms with Crippen LogP contribution in [0.5, 0.6) is 11.5 Å². The monoisotopic (exact) mass is 360 g/mol. The van der Waals surface area contributed by atoms with Gasteiger partial charge >= 0.3 is 6.03 Å². The number of carbonyl (C=O) groups excluding carboxylic acids is 1. The third kappa shape index (κ3) is 4.17. The number of hydrogen-bond acceptors (Lipinski definition) is 3. The number of urea groups is 1. The van der Waals surface area contributed by atoms with Crippen LogP contribution in [0.4, 0.5) is 10.5 Å². The van der Waals surface area contributed by atoms with E-state index < -0.39 is 0 Å². The van der Waals surface area contributed by atoms with E-state index in [1.165, 1.54) is 0 Å². The van der Waals surface area contributed by atoms with E-state index in [1.807, 2.05) is 32.0 Å². The van der Waals surface area contributed by atoms with E-state index in [0.717, 1.165) is 17.1 Å². The van der Waals surface area contributed by atoms with Gasteiger partial charge in [0.15, 0.2) is 0 Å². The van der Waals surface area contributed by atoms with E-state index in [9.17, 15) is 4.79 Å². The summed E-state index contributed by atoms with van der Waals surface area (Å²) in [6, 6.07) is 12.2. The molecule has 1 atom stereocenters. The number of nitrogens with one attached hydrogen (secondary N) is 2. The average molecular weight is 361 g/mol. The summed E-state index contributed by atoms with van der Waals surface area (Å²) in [7, 11) is 1.61. The molecule has 2 amide bonds. The number of rotatable bonds is 3. The van der Waals surface area contributed by atoms with Crippen molar-refractivity contribution in [2.24, 2.45) is 0 Å². The highest BCUT2D eigenvalue weighted by Crippen LogP contribution is 2.41. The molecule has 2 N–H and O–H groups in total. The number of halogens is 1. The molecule has 0 radical (unpaired) electrons. The second kappa shape index (κ2) is 6.84. The topological polar surface area (TPSA) is 59.6 Å². The van der Waals surface area contributed by atoms with Gasteiger partial charge in [-0.05, 0) is 50.2 Å².